The molecule has 0 atom stereocenters. The first-order chi connectivity index (χ1) is 7.81. The summed E-state index contributed by atoms with van der Waals surface area (Å²) in [6.07, 6.45) is 0. The number of hydrogen-bond acceptors (Lipinski definition) is 5. The molecule has 0 amide bonds. The van der Waals surface area contributed by atoms with Crippen molar-refractivity contribution < 1.29 is 29.7 Å². The molecule has 0 bridgehead atoms. The van der Waals surface area contributed by atoms with Gasteiger partial charge in [-0.05, 0) is 0 Å². The van der Waals surface area contributed by atoms with Crippen LogP contribution in [0.4, 0.5) is 0 Å². The van der Waals surface area contributed by atoms with Gasteiger partial charge in [0.1, 0.15) is 0 Å². The summed E-state index contributed by atoms with van der Waals surface area (Å²) < 4.78 is 0. The third kappa shape index (κ3) is 9.27. The van der Waals surface area contributed by atoms with Crippen LogP contribution in [-0.2, 0) is 14.4 Å². The van der Waals surface area contributed by atoms with Crippen molar-refractivity contribution in [2.45, 2.75) is 0 Å². The van der Waals surface area contributed by atoms with E-state index in [1.165, 1.54) is 9.80 Å². The highest BCUT2D eigenvalue weighted by Gasteiger charge is 2.14. The lowest BCUT2D eigenvalue weighted by Crippen LogP contribution is -2.40. The second-order valence-corrected chi connectivity index (χ2v) is 3.44. The maximum absolute atomic E-state index is 10.5. The summed E-state index contributed by atoms with van der Waals surface area (Å²) in [6, 6.07) is 0. The Kier molecular flexibility index (Phi) is 6.83. The molecule has 3 N–H and O–H groups in total. The predicted octanol–water partition coefficient (Wildman–Crippen LogP) is -1.36. The molecule has 0 spiro atoms. The Morgan fingerprint density at radius 2 is 1.24 bits per heavy atom. The lowest BCUT2D eigenvalue weighted by molar-refractivity contribution is -0.142. The van der Waals surface area contributed by atoms with E-state index in [4.69, 9.17) is 15.3 Å². The van der Waals surface area contributed by atoms with E-state index in [0.29, 0.717) is 0 Å². The Labute approximate surface area is 98.0 Å². The fraction of sp³-hybridized carbons (Fsp3) is 0.556. The zero-order valence-corrected chi connectivity index (χ0v) is 9.20. The molecule has 0 aromatic carbocycles. The molecule has 0 unspecified atom stereocenters. The van der Waals surface area contributed by atoms with Crippen LogP contribution in [0.1, 0.15) is 0 Å². The van der Waals surface area contributed by atoms with Crippen LogP contribution >= 0.6 is 0 Å². The van der Waals surface area contributed by atoms with E-state index in [1.54, 1.807) is 0 Å². The maximum atomic E-state index is 10.5. The maximum Gasteiger partial charge on any atom is 0.317 e. The van der Waals surface area contributed by atoms with Crippen LogP contribution in [0, 0.1) is 7.05 Å². The van der Waals surface area contributed by atoms with Gasteiger partial charge in [0.05, 0.1) is 19.6 Å². The molecule has 0 saturated carbocycles. The van der Waals surface area contributed by atoms with Crippen LogP contribution in [0.15, 0.2) is 0 Å². The lowest BCUT2D eigenvalue weighted by atomic mass is 10.4. The Hall–Kier alpha value is -1.67. The summed E-state index contributed by atoms with van der Waals surface area (Å²) in [5.41, 5.74) is 0. The molecule has 1 radical (unpaired) electrons. The first kappa shape index (κ1) is 15.3. The monoisotopic (exact) mass is 247 g/mol. The SMILES string of the molecule is [CH2]N(CCN(CC(=O)O)CC(=O)O)CC(=O)O. The van der Waals surface area contributed by atoms with Crippen LogP contribution in [0.3, 0.4) is 0 Å². The highest BCUT2D eigenvalue weighted by Crippen LogP contribution is 1.92. The summed E-state index contributed by atoms with van der Waals surface area (Å²) in [4.78, 5) is 33.6. The summed E-state index contributed by atoms with van der Waals surface area (Å²) in [5.74, 6) is -3.33. The van der Waals surface area contributed by atoms with Crippen molar-refractivity contribution >= 4 is 17.9 Å². The smallest absolute Gasteiger partial charge is 0.317 e. The van der Waals surface area contributed by atoms with E-state index in [0.717, 1.165) is 0 Å². The van der Waals surface area contributed by atoms with Crippen molar-refractivity contribution in [2.75, 3.05) is 32.7 Å². The highest BCUT2D eigenvalue weighted by molar-refractivity contribution is 5.72. The summed E-state index contributed by atoms with van der Waals surface area (Å²) in [5, 5.41) is 25.6. The molecule has 0 heterocycles. The Morgan fingerprint density at radius 1 is 0.824 bits per heavy atom. The van der Waals surface area contributed by atoms with Crippen molar-refractivity contribution in [3.8, 4) is 0 Å². The lowest BCUT2D eigenvalue weighted by Gasteiger charge is -2.21. The van der Waals surface area contributed by atoms with E-state index in [9.17, 15) is 14.4 Å². The van der Waals surface area contributed by atoms with Crippen molar-refractivity contribution in [2.24, 2.45) is 0 Å². The van der Waals surface area contributed by atoms with Gasteiger partial charge in [0.2, 0.25) is 0 Å². The molecular formula is C9H15N2O6. The normalized spacial score (nSPS) is 10.8. The molecule has 0 aliphatic rings. The number of carboxylic acids is 3. The van der Waals surface area contributed by atoms with E-state index in [1.807, 2.05) is 0 Å². The van der Waals surface area contributed by atoms with Crippen LogP contribution in [0.2, 0.25) is 0 Å². The molecule has 0 aliphatic heterocycles. The first-order valence-electron chi connectivity index (χ1n) is 4.74. The van der Waals surface area contributed by atoms with Gasteiger partial charge < -0.3 is 15.3 Å². The van der Waals surface area contributed by atoms with Gasteiger partial charge in [-0.15, -0.1) is 0 Å². The van der Waals surface area contributed by atoms with Gasteiger partial charge in [0.15, 0.2) is 0 Å². The van der Waals surface area contributed by atoms with Gasteiger partial charge in [-0.3, -0.25) is 24.2 Å². The van der Waals surface area contributed by atoms with Gasteiger partial charge in [-0.1, -0.05) is 0 Å². The zero-order valence-electron chi connectivity index (χ0n) is 9.20. The number of carboxylic acid groups (broad SMARTS) is 3. The van der Waals surface area contributed by atoms with Crippen molar-refractivity contribution in [3.63, 3.8) is 0 Å². The quantitative estimate of drug-likeness (QED) is 0.457. The molecule has 0 aliphatic carbocycles. The van der Waals surface area contributed by atoms with E-state index in [2.05, 4.69) is 7.05 Å². The average Bonchev–Trinajstić information content (AvgIpc) is 2.11. The second kappa shape index (κ2) is 7.58. The average molecular weight is 247 g/mol. The van der Waals surface area contributed by atoms with E-state index < -0.39 is 31.0 Å². The van der Waals surface area contributed by atoms with Gasteiger partial charge in [-0.25, -0.2) is 0 Å². The molecule has 8 heteroatoms. The summed E-state index contributed by atoms with van der Waals surface area (Å²) in [7, 11) is 3.44. The Morgan fingerprint density at radius 3 is 1.59 bits per heavy atom. The van der Waals surface area contributed by atoms with Crippen LogP contribution < -0.4 is 0 Å². The minimum Gasteiger partial charge on any atom is -0.480 e. The zero-order chi connectivity index (χ0) is 13.4. The number of nitrogens with zero attached hydrogens (tertiary/aromatic N) is 2. The molecule has 17 heavy (non-hydrogen) atoms. The molecule has 0 aromatic heterocycles. The molecule has 0 aromatic rings. The van der Waals surface area contributed by atoms with Crippen LogP contribution in [0.5, 0.6) is 0 Å². The number of hydrogen-bond donors (Lipinski definition) is 3. The van der Waals surface area contributed by atoms with Crippen molar-refractivity contribution in [3.05, 3.63) is 7.05 Å². The summed E-state index contributed by atoms with van der Waals surface area (Å²) >= 11 is 0. The number of carbonyl (C=O) groups is 3. The van der Waals surface area contributed by atoms with Crippen LogP contribution in [-0.4, -0.2) is 75.8 Å². The minimum atomic E-state index is -1.14. The topological polar surface area (TPSA) is 118 Å². The molecule has 8 nitrogen and oxygen atoms in total. The molecule has 0 rings (SSSR count). The second-order valence-electron chi connectivity index (χ2n) is 3.44. The molecule has 97 valence electrons. The van der Waals surface area contributed by atoms with Gasteiger partial charge in [0, 0.05) is 20.1 Å². The predicted molar refractivity (Wildman–Crippen MR) is 56.3 cm³/mol. The largest absolute Gasteiger partial charge is 0.480 e. The standard InChI is InChI=1S/C9H15N2O6/c1-10(4-7(12)13)2-3-11(5-8(14)15)6-9(16)17/h1-6H2,(H,12,13)(H,14,15)(H,16,17). The van der Waals surface area contributed by atoms with Crippen molar-refractivity contribution in [1.29, 1.82) is 0 Å². The highest BCUT2D eigenvalue weighted by atomic mass is 16.4. The van der Waals surface area contributed by atoms with E-state index in [-0.39, 0.29) is 19.6 Å². The summed E-state index contributed by atoms with van der Waals surface area (Å²) in [6.45, 7) is -0.809. The van der Waals surface area contributed by atoms with Gasteiger partial charge in [-0.2, -0.15) is 0 Å². The number of rotatable bonds is 9. The van der Waals surface area contributed by atoms with Gasteiger partial charge >= 0.3 is 17.9 Å². The van der Waals surface area contributed by atoms with Crippen molar-refractivity contribution in [1.82, 2.24) is 9.80 Å². The third-order valence-electron chi connectivity index (χ3n) is 1.81. The fourth-order valence-electron chi connectivity index (χ4n) is 1.15. The molecule has 0 saturated heterocycles. The minimum absolute atomic E-state index is 0.120. The third-order valence-corrected chi connectivity index (χ3v) is 1.81. The first-order valence-corrected chi connectivity index (χ1v) is 4.74. The van der Waals surface area contributed by atoms with Crippen LogP contribution in [0.25, 0.3) is 0 Å². The molecular weight excluding hydrogens is 232 g/mol. The fourth-order valence-corrected chi connectivity index (χ4v) is 1.15. The van der Waals surface area contributed by atoms with Gasteiger partial charge in [0.25, 0.3) is 0 Å². The Bertz CT molecular complexity index is 277. The Balaban J connectivity index is 4.10. The number of aliphatic carboxylic acids is 3. The molecule has 0 fully saturated rings. The van der Waals surface area contributed by atoms with E-state index >= 15 is 0 Å².